The Labute approximate surface area is 244 Å². The van der Waals surface area contributed by atoms with Crippen molar-refractivity contribution in [3.8, 4) is 17.2 Å². The molecule has 2 aliphatic rings. The van der Waals surface area contributed by atoms with Crippen molar-refractivity contribution in [2.45, 2.75) is 70.3 Å². The molecule has 0 radical (unpaired) electrons. The maximum atomic E-state index is 14.2. The van der Waals surface area contributed by atoms with E-state index in [0.717, 1.165) is 44.0 Å². The van der Waals surface area contributed by atoms with Gasteiger partial charge >= 0.3 is 18.6 Å². The molecule has 234 valence electrons. The van der Waals surface area contributed by atoms with E-state index in [1.165, 1.54) is 18.3 Å². The number of rotatable bonds is 7. The molecule has 43 heavy (non-hydrogen) atoms. The van der Waals surface area contributed by atoms with Gasteiger partial charge in [0.1, 0.15) is 11.6 Å². The van der Waals surface area contributed by atoms with E-state index in [9.17, 15) is 26.3 Å². The molecule has 2 aromatic heterocycles. The van der Waals surface area contributed by atoms with Crippen LogP contribution in [0, 0.1) is 0 Å². The van der Waals surface area contributed by atoms with E-state index in [1.807, 2.05) is 13.8 Å². The van der Waals surface area contributed by atoms with Crippen LogP contribution in [0.15, 0.2) is 40.9 Å². The molecule has 0 saturated carbocycles. The number of piperidine rings is 1. The van der Waals surface area contributed by atoms with Crippen molar-refractivity contribution in [3.05, 3.63) is 47.7 Å². The Morgan fingerprint density at radius 1 is 1.02 bits per heavy atom. The molecular formula is C28H33F6N7O2. The molecule has 0 spiro atoms. The highest BCUT2D eigenvalue weighted by Crippen LogP contribution is 2.40. The number of benzene rings is 1. The second-order valence-corrected chi connectivity index (χ2v) is 11.0. The molecule has 0 amide bonds. The lowest BCUT2D eigenvalue weighted by Crippen LogP contribution is -2.61. The normalized spacial score (nSPS) is 21.3. The fourth-order valence-corrected chi connectivity index (χ4v) is 6.00. The zero-order valence-corrected chi connectivity index (χ0v) is 23.7. The Kier molecular flexibility index (Phi) is 8.75. The predicted molar refractivity (Wildman–Crippen MR) is 146 cm³/mol. The number of alkyl halides is 6. The summed E-state index contributed by atoms with van der Waals surface area (Å²) in [4.78, 5) is 10.6. The second-order valence-electron chi connectivity index (χ2n) is 11.0. The van der Waals surface area contributed by atoms with Crippen molar-refractivity contribution >= 4 is 11.8 Å². The highest BCUT2D eigenvalue weighted by atomic mass is 19.4. The first-order chi connectivity index (χ1) is 20.3. The van der Waals surface area contributed by atoms with Gasteiger partial charge in [0.05, 0.1) is 11.1 Å². The Hall–Kier alpha value is -3.59. The summed E-state index contributed by atoms with van der Waals surface area (Å²) in [6.07, 6.45) is -5.56. The largest absolute Gasteiger partial charge is 0.573 e. The molecule has 2 saturated heterocycles. The van der Waals surface area contributed by atoms with Gasteiger partial charge in [-0.2, -0.15) is 13.2 Å². The van der Waals surface area contributed by atoms with Crippen LogP contribution in [0.3, 0.4) is 0 Å². The van der Waals surface area contributed by atoms with Gasteiger partial charge in [-0.25, -0.2) is 4.98 Å². The van der Waals surface area contributed by atoms with Gasteiger partial charge < -0.3 is 19.8 Å². The minimum absolute atomic E-state index is 0.0345. The summed E-state index contributed by atoms with van der Waals surface area (Å²) in [7, 11) is 0. The third-order valence-corrected chi connectivity index (χ3v) is 8.08. The summed E-state index contributed by atoms with van der Waals surface area (Å²) in [5.74, 6) is -0.514. The standard InChI is InChI=1S/C28H33F6N7O2/c1-3-20-16-40(24-23(27(29,30)31)12-19(13-36-24)25-37-38-26(35)42-25)17(2)14-41(20)21-8-10-39(11-9-21)15-18-4-6-22(7-5-18)43-28(32,33)34/h4-7,12-13,17,20-21H,3,8-11,14-16H2,1-2H3,(H2,35,38)/t17-,20+/m1/s1. The van der Waals surface area contributed by atoms with Gasteiger partial charge in [0.25, 0.3) is 5.89 Å². The number of hydrogen-bond acceptors (Lipinski definition) is 9. The molecule has 1 aromatic carbocycles. The zero-order valence-electron chi connectivity index (χ0n) is 23.7. The van der Waals surface area contributed by atoms with Crippen LogP contribution in [-0.2, 0) is 12.7 Å². The first-order valence-corrected chi connectivity index (χ1v) is 14.1. The number of nitrogen functional groups attached to an aromatic ring is 1. The van der Waals surface area contributed by atoms with E-state index >= 15 is 0 Å². The number of hydrogen-bond donors (Lipinski definition) is 1. The lowest BCUT2D eigenvalue weighted by atomic mass is 9.95. The third-order valence-electron chi connectivity index (χ3n) is 8.08. The Morgan fingerprint density at radius 2 is 1.72 bits per heavy atom. The van der Waals surface area contributed by atoms with Crippen molar-refractivity contribution < 1.29 is 35.5 Å². The summed E-state index contributed by atoms with van der Waals surface area (Å²) < 4.78 is 89.0. The number of likely N-dealkylation sites (tertiary alicyclic amines) is 1. The lowest BCUT2D eigenvalue weighted by molar-refractivity contribution is -0.274. The van der Waals surface area contributed by atoms with Gasteiger partial charge in [0.2, 0.25) is 0 Å². The highest BCUT2D eigenvalue weighted by Gasteiger charge is 2.42. The maximum Gasteiger partial charge on any atom is 0.573 e. The minimum Gasteiger partial charge on any atom is -0.406 e. The van der Waals surface area contributed by atoms with E-state index in [-0.39, 0.29) is 47.2 Å². The quantitative estimate of drug-likeness (QED) is 0.343. The molecule has 2 fully saturated rings. The molecule has 2 atom stereocenters. The Balaban J connectivity index is 1.23. The van der Waals surface area contributed by atoms with Gasteiger partial charge in [0.15, 0.2) is 0 Å². The predicted octanol–water partition coefficient (Wildman–Crippen LogP) is 5.58. The molecule has 9 nitrogen and oxygen atoms in total. The molecule has 4 heterocycles. The molecule has 3 aromatic rings. The van der Waals surface area contributed by atoms with Crippen LogP contribution in [0.5, 0.6) is 5.75 Å². The smallest absolute Gasteiger partial charge is 0.406 e. The topological polar surface area (TPSA) is 96.8 Å². The van der Waals surface area contributed by atoms with Crippen LogP contribution in [0.2, 0.25) is 0 Å². The van der Waals surface area contributed by atoms with Crippen molar-refractivity contribution in [2.24, 2.45) is 0 Å². The monoisotopic (exact) mass is 613 g/mol. The van der Waals surface area contributed by atoms with Crippen LogP contribution in [0.1, 0.15) is 44.2 Å². The zero-order chi connectivity index (χ0) is 30.9. The third kappa shape index (κ3) is 7.32. The van der Waals surface area contributed by atoms with E-state index in [1.54, 1.807) is 17.0 Å². The second kappa shape index (κ2) is 12.2. The summed E-state index contributed by atoms with van der Waals surface area (Å²) >= 11 is 0. The lowest BCUT2D eigenvalue weighted by Gasteiger charge is -2.50. The van der Waals surface area contributed by atoms with Gasteiger partial charge in [0, 0.05) is 44.0 Å². The number of nitrogens with zero attached hydrogens (tertiary/aromatic N) is 6. The summed E-state index contributed by atoms with van der Waals surface area (Å²) in [6, 6.07) is 6.71. The SMILES string of the molecule is CC[C@H]1CN(c2ncc(-c3nnc(N)o3)cc2C(F)(F)F)[C@H](C)CN1C1CCN(Cc2ccc(OC(F)(F)F)cc2)CC1. The van der Waals surface area contributed by atoms with Crippen LogP contribution in [0.25, 0.3) is 11.5 Å². The Morgan fingerprint density at radius 3 is 2.30 bits per heavy atom. The average Bonchev–Trinajstić information content (AvgIpc) is 3.39. The average molecular weight is 614 g/mol. The van der Waals surface area contributed by atoms with Crippen molar-refractivity contribution in [1.29, 1.82) is 0 Å². The number of aromatic nitrogens is 3. The van der Waals surface area contributed by atoms with Crippen LogP contribution in [-0.4, -0.2) is 75.6 Å². The van der Waals surface area contributed by atoms with Crippen molar-refractivity contribution in [1.82, 2.24) is 25.0 Å². The van der Waals surface area contributed by atoms with Gasteiger partial charge in [-0.1, -0.05) is 24.2 Å². The van der Waals surface area contributed by atoms with Crippen molar-refractivity contribution in [2.75, 3.05) is 36.8 Å². The summed E-state index contributed by atoms with van der Waals surface area (Å²) in [6.45, 7) is 7.15. The Bertz CT molecular complexity index is 1370. The van der Waals surface area contributed by atoms with E-state index in [4.69, 9.17) is 10.2 Å². The minimum atomic E-state index is -4.73. The number of pyridine rings is 1. The molecule has 5 rings (SSSR count). The van der Waals surface area contributed by atoms with Gasteiger partial charge in [-0.3, -0.25) is 9.80 Å². The van der Waals surface area contributed by atoms with Crippen molar-refractivity contribution in [3.63, 3.8) is 0 Å². The van der Waals surface area contributed by atoms with Gasteiger partial charge in [-0.05, 0) is 63.0 Å². The fraction of sp³-hybridized carbons (Fsp3) is 0.536. The number of anilines is 2. The van der Waals surface area contributed by atoms with E-state index in [0.29, 0.717) is 19.6 Å². The van der Waals surface area contributed by atoms with E-state index in [2.05, 4.69) is 29.7 Å². The number of nitrogens with two attached hydrogens (primary N) is 1. The molecular weight excluding hydrogens is 580 g/mol. The maximum absolute atomic E-state index is 14.2. The van der Waals surface area contributed by atoms with E-state index < -0.39 is 18.1 Å². The molecule has 2 N–H and O–H groups in total. The fourth-order valence-electron chi connectivity index (χ4n) is 6.00. The number of piperazine rings is 1. The van der Waals surface area contributed by atoms with Crippen LogP contribution in [0.4, 0.5) is 38.2 Å². The van der Waals surface area contributed by atoms with Crippen LogP contribution >= 0.6 is 0 Å². The molecule has 2 aliphatic heterocycles. The van der Waals surface area contributed by atoms with Crippen LogP contribution < -0.4 is 15.4 Å². The molecule has 15 heteroatoms. The number of halogens is 6. The number of ether oxygens (including phenoxy) is 1. The first kappa shape index (κ1) is 30.9. The summed E-state index contributed by atoms with van der Waals surface area (Å²) in [5.41, 5.74) is 5.50. The summed E-state index contributed by atoms with van der Waals surface area (Å²) in [5, 5.41) is 7.20. The molecule has 0 unspecified atom stereocenters. The molecule has 0 aliphatic carbocycles. The van der Waals surface area contributed by atoms with Gasteiger partial charge in [-0.15, -0.1) is 18.3 Å². The highest BCUT2D eigenvalue weighted by molar-refractivity contribution is 5.61. The first-order valence-electron chi connectivity index (χ1n) is 14.1. The molecule has 0 bridgehead atoms.